The molecule has 1 rings (SSSR count). The van der Waals surface area contributed by atoms with E-state index in [1.54, 1.807) is 0 Å². The minimum absolute atomic E-state index is 0.0753. The number of carbonyl (C=O) groups is 1. The normalized spacial score (nSPS) is 21.6. The van der Waals surface area contributed by atoms with Crippen molar-refractivity contribution >= 4 is 5.91 Å². The van der Waals surface area contributed by atoms with E-state index < -0.39 is 0 Å². The van der Waals surface area contributed by atoms with Crippen LogP contribution in [0, 0.1) is 5.41 Å². The molecule has 1 amide bonds. The Balaban J connectivity index is 1.85. The van der Waals surface area contributed by atoms with Crippen LogP contribution in [-0.4, -0.2) is 18.6 Å². The average Bonchev–Trinajstić information content (AvgIpc) is 2.68. The van der Waals surface area contributed by atoms with E-state index in [4.69, 9.17) is 10.5 Å². The van der Waals surface area contributed by atoms with Gasteiger partial charge in [-0.2, -0.15) is 0 Å². The fraction of sp³-hybridized carbons (Fsp3) is 0.960. The Labute approximate surface area is 175 Å². The van der Waals surface area contributed by atoms with E-state index >= 15 is 0 Å². The van der Waals surface area contributed by atoms with Crippen LogP contribution >= 0.6 is 0 Å². The lowest BCUT2D eigenvalue weighted by Gasteiger charge is -2.49. The van der Waals surface area contributed by atoms with Crippen molar-refractivity contribution in [1.82, 2.24) is 0 Å². The van der Waals surface area contributed by atoms with Gasteiger partial charge in [-0.05, 0) is 12.8 Å². The highest BCUT2D eigenvalue weighted by Crippen LogP contribution is 2.44. The SMILES string of the molecule is CCCCCCCCCCCCCCCCCCC1(CC)COC1CC(N)=O. The number of rotatable bonds is 20. The van der Waals surface area contributed by atoms with Gasteiger partial charge in [0.05, 0.1) is 19.1 Å². The molecule has 1 heterocycles. The van der Waals surface area contributed by atoms with E-state index in [9.17, 15) is 4.79 Å². The molecule has 2 atom stereocenters. The van der Waals surface area contributed by atoms with E-state index in [1.807, 2.05) is 0 Å². The first-order chi connectivity index (χ1) is 13.6. The van der Waals surface area contributed by atoms with Crippen LogP contribution in [0.3, 0.4) is 0 Å². The minimum Gasteiger partial charge on any atom is -0.376 e. The fourth-order valence-electron chi connectivity index (χ4n) is 4.66. The zero-order valence-corrected chi connectivity index (χ0v) is 19.1. The number of unbranched alkanes of at least 4 members (excludes halogenated alkanes) is 15. The van der Waals surface area contributed by atoms with E-state index in [-0.39, 0.29) is 17.4 Å². The maximum absolute atomic E-state index is 11.2. The molecule has 0 aromatic rings. The molecule has 0 spiro atoms. The molecule has 2 N–H and O–H groups in total. The number of hydrogen-bond donors (Lipinski definition) is 1. The Morgan fingerprint density at radius 2 is 1.21 bits per heavy atom. The molecule has 2 unspecified atom stereocenters. The van der Waals surface area contributed by atoms with Gasteiger partial charge in [0.15, 0.2) is 0 Å². The maximum Gasteiger partial charge on any atom is 0.220 e. The van der Waals surface area contributed by atoms with E-state index in [0.29, 0.717) is 6.42 Å². The van der Waals surface area contributed by atoms with E-state index in [2.05, 4.69) is 13.8 Å². The summed E-state index contributed by atoms with van der Waals surface area (Å²) in [6, 6.07) is 0. The Kier molecular flexibility index (Phi) is 14.8. The van der Waals surface area contributed by atoms with Gasteiger partial charge in [0.2, 0.25) is 5.91 Å². The van der Waals surface area contributed by atoms with E-state index in [0.717, 1.165) is 13.0 Å². The van der Waals surface area contributed by atoms with Gasteiger partial charge in [0, 0.05) is 5.41 Å². The Bertz CT molecular complexity index is 381. The molecule has 166 valence electrons. The third-order valence-corrected chi connectivity index (χ3v) is 6.87. The van der Waals surface area contributed by atoms with Crippen molar-refractivity contribution in [3.8, 4) is 0 Å². The molecule has 0 saturated carbocycles. The highest BCUT2D eigenvalue weighted by molar-refractivity contribution is 5.74. The second kappa shape index (κ2) is 16.3. The molecule has 28 heavy (non-hydrogen) atoms. The van der Waals surface area contributed by atoms with E-state index in [1.165, 1.54) is 109 Å². The van der Waals surface area contributed by atoms with Crippen LogP contribution in [-0.2, 0) is 9.53 Å². The predicted octanol–water partition coefficient (Wildman–Crippen LogP) is 7.31. The van der Waals surface area contributed by atoms with Gasteiger partial charge in [-0.1, -0.05) is 117 Å². The largest absolute Gasteiger partial charge is 0.376 e. The van der Waals surface area contributed by atoms with Gasteiger partial charge in [-0.25, -0.2) is 0 Å². The van der Waals surface area contributed by atoms with Gasteiger partial charge in [0.1, 0.15) is 0 Å². The molecule has 0 radical (unpaired) electrons. The molecular formula is C25H49NO2. The maximum atomic E-state index is 11.2. The zero-order chi connectivity index (χ0) is 20.5. The second-order valence-corrected chi connectivity index (χ2v) is 9.24. The summed E-state index contributed by atoms with van der Waals surface area (Å²) >= 11 is 0. The summed E-state index contributed by atoms with van der Waals surface area (Å²) in [6.45, 7) is 5.33. The molecule has 1 saturated heterocycles. The Hall–Kier alpha value is -0.570. The van der Waals surface area contributed by atoms with Crippen LogP contribution in [0.4, 0.5) is 0 Å². The first-order valence-electron chi connectivity index (χ1n) is 12.5. The standard InChI is InChI=1S/C25H49NO2/c1-3-5-6-7-8-9-10-11-12-13-14-15-16-17-18-19-20-25(4-2)22-28-23(25)21-24(26)27/h23H,3-22H2,1-2H3,(H2,26,27). The molecule has 0 bridgehead atoms. The molecule has 0 aromatic carbocycles. The zero-order valence-electron chi connectivity index (χ0n) is 19.1. The van der Waals surface area contributed by atoms with Gasteiger partial charge in [-0.3, -0.25) is 4.79 Å². The molecule has 0 aromatic heterocycles. The highest BCUT2D eigenvalue weighted by atomic mass is 16.5. The Morgan fingerprint density at radius 3 is 1.54 bits per heavy atom. The van der Waals surface area contributed by atoms with Crippen LogP contribution < -0.4 is 5.73 Å². The monoisotopic (exact) mass is 395 g/mol. The molecule has 1 aliphatic rings. The fourth-order valence-corrected chi connectivity index (χ4v) is 4.66. The number of nitrogens with two attached hydrogens (primary N) is 1. The van der Waals surface area contributed by atoms with Crippen LogP contribution in [0.25, 0.3) is 0 Å². The van der Waals surface area contributed by atoms with Crippen molar-refractivity contribution in [3.63, 3.8) is 0 Å². The first kappa shape index (κ1) is 25.5. The van der Waals surface area contributed by atoms with Crippen LogP contribution in [0.15, 0.2) is 0 Å². The Morgan fingerprint density at radius 1 is 0.786 bits per heavy atom. The van der Waals surface area contributed by atoms with Crippen molar-refractivity contribution in [3.05, 3.63) is 0 Å². The van der Waals surface area contributed by atoms with Crippen LogP contribution in [0.5, 0.6) is 0 Å². The third-order valence-electron chi connectivity index (χ3n) is 6.87. The lowest BCUT2D eigenvalue weighted by Crippen LogP contribution is -2.53. The smallest absolute Gasteiger partial charge is 0.220 e. The van der Waals surface area contributed by atoms with Crippen LogP contribution in [0.1, 0.15) is 136 Å². The molecular weight excluding hydrogens is 346 g/mol. The minimum atomic E-state index is -0.227. The molecule has 1 aliphatic heterocycles. The molecule has 1 fully saturated rings. The van der Waals surface area contributed by atoms with Gasteiger partial charge in [-0.15, -0.1) is 0 Å². The summed E-state index contributed by atoms with van der Waals surface area (Å²) in [5.41, 5.74) is 5.58. The summed E-state index contributed by atoms with van der Waals surface area (Å²) in [5, 5.41) is 0. The van der Waals surface area contributed by atoms with Crippen LogP contribution in [0.2, 0.25) is 0 Å². The summed E-state index contributed by atoms with van der Waals surface area (Å²) in [6.07, 6.45) is 25.3. The lowest BCUT2D eigenvalue weighted by molar-refractivity contribution is -0.196. The number of hydrogen-bond acceptors (Lipinski definition) is 2. The summed E-state index contributed by atoms with van der Waals surface area (Å²) in [4.78, 5) is 11.2. The lowest BCUT2D eigenvalue weighted by atomic mass is 9.71. The quantitative estimate of drug-likeness (QED) is 0.220. The summed E-state index contributed by atoms with van der Waals surface area (Å²) < 4.78 is 5.63. The van der Waals surface area contributed by atoms with Crippen molar-refractivity contribution in [2.24, 2.45) is 11.1 Å². The molecule has 3 heteroatoms. The predicted molar refractivity (Wildman–Crippen MR) is 120 cm³/mol. The molecule has 3 nitrogen and oxygen atoms in total. The highest BCUT2D eigenvalue weighted by Gasteiger charge is 2.46. The topological polar surface area (TPSA) is 52.3 Å². The van der Waals surface area contributed by atoms with Crippen molar-refractivity contribution < 1.29 is 9.53 Å². The third kappa shape index (κ3) is 10.8. The van der Waals surface area contributed by atoms with Crippen molar-refractivity contribution in [2.75, 3.05) is 6.61 Å². The number of primary amides is 1. The van der Waals surface area contributed by atoms with Gasteiger partial charge < -0.3 is 10.5 Å². The van der Waals surface area contributed by atoms with Crippen molar-refractivity contribution in [1.29, 1.82) is 0 Å². The van der Waals surface area contributed by atoms with Gasteiger partial charge >= 0.3 is 0 Å². The van der Waals surface area contributed by atoms with Gasteiger partial charge in [0.25, 0.3) is 0 Å². The summed E-state index contributed by atoms with van der Waals surface area (Å²) in [5.74, 6) is -0.227. The first-order valence-corrected chi connectivity index (χ1v) is 12.5. The molecule has 0 aliphatic carbocycles. The summed E-state index contributed by atoms with van der Waals surface area (Å²) in [7, 11) is 0. The second-order valence-electron chi connectivity index (χ2n) is 9.24. The number of amides is 1. The number of carbonyl (C=O) groups excluding carboxylic acids is 1. The average molecular weight is 396 g/mol. The van der Waals surface area contributed by atoms with Crippen molar-refractivity contribution in [2.45, 2.75) is 142 Å². The number of ether oxygens (including phenoxy) is 1.